The summed E-state index contributed by atoms with van der Waals surface area (Å²) in [5.41, 5.74) is 0.655. The third kappa shape index (κ3) is 5.16. The number of amides is 1. The average molecular weight is 469 g/mol. The lowest BCUT2D eigenvalue weighted by atomic mass is 9.96. The van der Waals surface area contributed by atoms with E-state index >= 15 is 0 Å². The van der Waals surface area contributed by atoms with Gasteiger partial charge in [-0.25, -0.2) is 8.42 Å². The first kappa shape index (κ1) is 23.6. The van der Waals surface area contributed by atoms with Crippen molar-refractivity contribution in [3.63, 3.8) is 0 Å². The number of carbonyl (C=O) groups is 1. The summed E-state index contributed by atoms with van der Waals surface area (Å²) in [4.78, 5) is 14.7. The van der Waals surface area contributed by atoms with Crippen LogP contribution in [0.25, 0.3) is 0 Å². The molecule has 0 unspecified atom stereocenters. The van der Waals surface area contributed by atoms with Gasteiger partial charge in [0.05, 0.1) is 62.1 Å². The molecule has 32 heavy (non-hydrogen) atoms. The van der Waals surface area contributed by atoms with E-state index < -0.39 is 28.3 Å². The van der Waals surface area contributed by atoms with Crippen LogP contribution in [0, 0.1) is 6.92 Å². The molecule has 9 nitrogen and oxygen atoms in total. The van der Waals surface area contributed by atoms with Crippen LogP contribution in [-0.4, -0.2) is 99.1 Å². The molecule has 3 heterocycles. The number of aryl methyl sites for hydroxylation is 1. The van der Waals surface area contributed by atoms with Gasteiger partial charge in [-0.2, -0.15) is 4.31 Å². The molecule has 1 amide bonds. The highest BCUT2D eigenvalue weighted by atomic mass is 32.2. The normalized spacial score (nSPS) is 30.2. The first-order chi connectivity index (χ1) is 15.4. The summed E-state index contributed by atoms with van der Waals surface area (Å²) in [6.45, 7) is 4.17. The van der Waals surface area contributed by atoms with E-state index in [1.54, 1.807) is 36.1 Å². The van der Waals surface area contributed by atoms with Gasteiger partial charge in [0.1, 0.15) is 0 Å². The van der Waals surface area contributed by atoms with E-state index in [0.29, 0.717) is 44.7 Å². The maximum Gasteiger partial charge on any atom is 0.243 e. The highest BCUT2D eigenvalue weighted by Gasteiger charge is 2.43. The molecule has 4 atom stereocenters. The van der Waals surface area contributed by atoms with E-state index in [4.69, 9.17) is 14.2 Å². The molecule has 178 valence electrons. The zero-order valence-corrected chi connectivity index (χ0v) is 19.2. The van der Waals surface area contributed by atoms with E-state index in [1.165, 1.54) is 4.31 Å². The van der Waals surface area contributed by atoms with E-state index in [1.807, 2.05) is 0 Å². The number of morpholine rings is 1. The number of carbonyl (C=O) groups excluding carboxylic acids is 1. The molecule has 1 N–H and O–H groups in total. The molecule has 0 bridgehead atoms. The molecule has 1 aromatic rings. The minimum atomic E-state index is -3.84. The summed E-state index contributed by atoms with van der Waals surface area (Å²) in [5, 5.41) is 10.3. The number of β-amino-alcohol motifs (C(OH)–C–C–N with tert-alkyl or cyclic N) is 1. The Balaban J connectivity index is 1.51. The van der Waals surface area contributed by atoms with E-state index in [-0.39, 0.29) is 43.1 Å². The number of ether oxygens (including phenoxy) is 3. The Kier molecular flexibility index (Phi) is 7.48. The Morgan fingerprint density at radius 1 is 1.12 bits per heavy atom. The van der Waals surface area contributed by atoms with Gasteiger partial charge in [0.2, 0.25) is 15.9 Å². The van der Waals surface area contributed by atoms with Crippen molar-refractivity contribution < 1.29 is 32.5 Å². The summed E-state index contributed by atoms with van der Waals surface area (Å²) >= 11 is 0. The second kappa shape index (κ2) is 10.1. The van der Waals surface area contributed by atoms with Gasteiger partial charge in [-0.3, -0.25) is 4.79 Å². The second-order valence-electron chi connectivity index (χ2n) is 8.67. The molecule has 3 aliphatic heterocycles. The quantitative estimate of drug-likeness (QED) is 0.688. The highest BCUT2D eigenvalue weighted by molar-refractivity contribution is 7.89. The molecule has 0 spiro atoms. The summed E-state index contributed by atoms with van der Waals surface area (Å²) in [6, 6.07) is 6.39. The van der Waals surface area contributed by atoms with Crippen molar-refractivity contribution >= 4 is 15.9 Å². The van der Waals surface area contributed by atoms with Crippen molar-refractivity contribution in [2.75, 3.05) is 46.1 Å². The summed E-state index contributed by atoms with van der Waals surface area (Å²) in [6.07, 6.45) is -0.355. The highest BCUT2D eigenvalue weighted by Crippen LogP contribution is 2.32. The Labute approximate surface area is 189 Å². The smallest absolute Gasteiger partial charge is 0.243 e. The van der Waals surface area contributed by atoms with Crippen LogP contribution in [0.5, 0.6) is 0 Å². The number of nitrogens with zero attached hydrogens (tertiary/aromatic N) is 2. The Bertz CT molecular complexity index is 903. The number of aliphatic hydroxyl groups excluding tert-OH is 1. The van der Waals surface area contributed by atoms with Crippen LogP contribution in [0.4, 0.5) is 0 Å². The number of hydrogen-bond acceptors (Lipinski definition) is 7. The lowest BCUT2D eigenvalue weighted by Gasteiger charge is -2.44. The van der Waals surface area contributed by atoms with Crippen LogP contribution in [0.3, 0.4) is 0 Å². The molecule has 1 aromatic carbocycles. The molecule has 0 radical (unpaired) electrons. The van der Waals surface area contributed by atoms with Gasteiger partial charge in [-0.15, -0.1) is 0 Å². The van der Waals surface area contributed by atoms with Crippen LogP contribution in [0.1, 0.15) is 24.8 Å². The standard InChI is InChI=1S/C22H32N2O7S/c1-16-4-2-3-5-21(16)32(27,28)24-13-17(25)14-30-15-20-19(24)7-6-18(31-20)12-22(26)23-8-10-29-11-9-23/h2-5,17-20,25H,6-15H2,1H3/t17-,18+,19+,20-/m1/s1. The Hall–Kier alpha value is -1.56. The third-order valence-electron chi connectivity index (χ3n) is 6.38. The van der Waals surface area contributed by atoms with Crippen molar-refractivity contribution in [2.24, 2.45) is 0 Å². The molecule has 3 saturated heterocycles. The number of fused-ring (bicyclic) bond motifs is 1. The molecule has 10 heteroatoms. The monoisotopic (exact) mass is 468 g/mol. The fraction of sp³-hybridized carbons (Fsp3) is 0.682. The molecule has 0 aromatic heterocycles. The fourth-order valence-corrected chi connectivity index (χ4v) is 6.62. The average Bonchev–Trinajstić information content (AvgIpc) is 2.77. The van der Waals surface area contributed by atoms with Gasteiger partial charge in [0.15, 0.2) is 0 Å². The van der Waals surface area contributed by atoms with Crippen molar-refractivity contribution in [2.45, 2.75) is 55.4 Å². The first-order valence-electron chi connectivity index (χ1n) is 11.2. The summed E-state index contributed by atoms with van der Waals surface area (Å²) in [7, 11) is -3.84. The van der Waals surface area contributed by atoms with Crippen LogP contribution in [0.2, 0.25) is 0 Å². The van der Waals surface area contributed by atoms with Crippen LogP contribution < -0.4 is 0 Å². The van der Waals surface area contributed by atoms with Crippen molar-refractivity contribution in [1.29, 1.82) is 0 Å². The number of aliphatic hydroxyl groups is 1. The van der Waals surface area contributed by atoms with Gasteiger partial charge in [0.25, 0.3) is 0 Å². The zero-order valence-electron chi connectivity index (χ0n) is 18.4. The lowest BCUT2D eigenvalue weighted by molar-refractivity contribution is -0.153. The van der Waals surface area contributed by atoms with Crippen molar-refractivity contribution in [3.05, 3.63) is 29.8 Å². The Morgan fingerprint density at radius 3 is 2.62 bits per heavy atom. The predicted molar refractivity (Wildman–Crippen MR) is 116 cm³/mol. The number of sulfonamides is 1. The first-order valence-corrected chi connectivity index (χ1v) is 12.6. The molecule has 0 aliphatic carbocycles. The van der Waals surface area contributed by atoms with Crippen LogP contribution in [-0.2, 0) is 29.0 Å². The summed E-state index contributed by atoms with van der Waals surface area (Å²) < 4.78 is 45.7. The molecule has 3 fully saturated rings. The number of benzene rings is 1. The van der Waals surface area contributed by atoms with Gasteiger partial charge >= 0.3 is 0 Å². The van der Waals surface area contributed by atoms with Gasteiger partial charge in [-0.05, 0) is 31.4 Å². The van der Waals surface area contributed by atoms with Gasteiger partial charge in [-0.1, -0.05) is 18.2 Å². The molecular formula is C22H32N2O7S. The van der Waals surface area contributed by atoms with Gasteiger partial charge < -0.3 is 24.2 Å². The van der Waals surface area contributed by atoms with Gasteiger partial charge in [0, 0.05) is 19.6 Å². The molecule has 4 rings (SSSR count). The van der Waals surface area contributed by atoms with E-state index in [0.717, 1.165) is 0 Å². The van der Waals surface area contributed by atoms with Crippen LogP contribution >= 0.6 is 0 Å². The van der Waals surface area contributed by atoms with Crippen molar-refractivity contribution in [1.82, 2.24) is 9.21 Å². The SMILES string of the molecule is Cc1ccccc1S(=O)(=O)N1C[C@@H](O)COC[C@H]2O[C@H](CC(=O)N3CCOCC3)CC[C@@H]21. The fourth-order valence-electron chi connectivity index (χ4n) is 4.68. The third-order valence-corrected chi connectivity index (χ3v) is 8.43. The number of hydrogen-bond donors (Lipinski definition) is 1. The minimum Gasteiger partial charge on any atom is -0.389 e. The lowest BCUT2D eigenvalue weighted by Crippen LogP contribution is -2.57. The molecular weight excluding hydrogens is 436 g/mol. The second-order valence-corrected chi connectivity index (χ2v) is 10.5. The Morgan fingerprint density at radius 2 is 1.88 bits per heavy atom. The maximum absolute atomic E-state index is 13.6. The maximum atomic E-state index is 13.6. The van der Waals surface area contributed by atoms with E-state index in [2.05, 4.69) is 0 Å². The molecule has 3 aliphatic rings. The summed E-state index contributed by atoms with van der Waals surface area (Å²) in [5.74, 6) is 0.0309. The van der Waals surface area contributed by atoms with E-state index in [9.17, 15) is 18.3 Å². The topological polar surface area (TPSA) is 106 Å². The predicted octanol–water partition coefficient (Wildman–Crippen LogP) is 0.542. The van der Waals surface area contributed by atoms with Crippen molar-refractivity contribution in [3.8, 4) is 0 Å². The van der Waals surface area contributed by atoms with Crippen LogP contribution in [0.15, 0.2) is 29.2 Å². The minimum absolute atomic E-state index is 0.0309. The molecule has 0 saturated carbocycles. The number of rotatable bonds is 4. The largest absolute Gasteiger partial charge is 0.389 e. The zero-order chi connectivity index (χ0) is 22.7.